The number of ether oxygens (including phenoxy) is 2. The summed E-state index contributed by atoms with van der Waals surface area (Å²) >= 11 is 1.60. The minimum absolute atomic E-state index is 0.135. The van der Waals surface area contributed by atoms with Crippen LogP contribution in [0.4, 0.5) is 0 Å². The van der Waals surface area contributed by atoms with Gasteiger partial charge in [0.25, 0.3) is 0 Å². The molecule has 1 aliphatic rings. The monoisotopic (exact) mass is 387 g/mol. The molecule has 7 heteroatoms. The summed E-state index contributed by atoms with van der Waals surface area (Å²) in [5.74, 6) is 0.0878. The Morgan fingerprint density at radius 3 is 2.48 bits per heavy atom. The third-order valence-electron chi connectivity index (χ3n) is 4.20. The largest absolute Gasteiger partial charge is 0.486 e. The van der Waals surface area contributed by atoms with Crippen LogP contribution in [-0.4, -0.2) is 36.5 Å². The van der Waals surface area contributed by atoms with E-state index in [9.17, 15) is 14.7 Å². The van der Waals surface area contributed by atoms with E-state index in [1.807, 2.05) is 36.6 Å². The summed E-state index contributed by atoms with van der Waals surface area (Å²) in [5, 5.41) is 12.0. The molecule has 1 amide bonds. The minimum atomic E-state index is -0.964. The van der Waals surface area contributed by atoms with E-state index in [0.29, 0.717) is 24.7 Å². The molecule has 0 spiro atoms. The van der Waals surface area contributed by atoms with Crippen molar-refractivity contribution in [3.8, 4) is 11.5 Å². The lowest BCUT2D eigenvalue weighted by Crippen LogP contribution is -2.31. The van der Waals surface area contributed by atoms with Gasteiger partial charge in [-0.3, -0.25) is 9.59 Å². The van der Waals surface area contributed by atoms with Crippen molar-refractivity contribution in [3.05, 3.63) is 53.6 Å². The fourth-order valence-corrected chi connectivity index (χ4v) is 3.30. The van der Waals surface area contributed by atoms with Crippen molar-refractivity contribution < 1.29 is 24.2 Å². The molecule has 0 bridgehead atoms. The summed E-state index contributed by atoms with van der Waals surface area (Å²) in [5.41, 5.74) is 1.55. The van der Waals surface area contributed by atoms with Gasteiger partial charge in [0.1, 0.15) is 13.2 Å². The number of aliphatic carboxylic acids is 1. The number of amides is 1. The molecular weight excluding hydrogens is 366 g/mol. The van der Waals surface area contributed by atoms with E-state index in [-0.39, 0.29) is 18.7 Å². The molecule has 2 aromatic rings. The number of carbonyl (C=O) groups excluding carboxylic acids is 1. The molecule has 1 atom stereocenters. The number of thioether (sulfide) groups is 1. The Balaban J connectivity index is 1.69. The quantitative estimate of drug-likeness (QED) is 0.711. The Morgan fingerprint density at radius 2 is 1.81 bits per heavy atom. The Hall–Kier alpha value is -2.67. The molecule has 2 aromatic carbocycles. The van der Waals surface area contributed by atoms with Crippen molar-refractivity contribution in [2.75, 3.05) is 19.5 Å². The highest BCUT2D eigenvalue weighted by molar-refractivity contribution is 7.98. The number of carboxylic acid groups (broad SMARTS) is 1. The van der Waals surface area contributed by atoms with Crippen LogP contribution in [0.2, 0.25) is 0 Å². The minimum Gasteiger partial charge on any atom is -0.486 e. The first-order chi connectivity index (χ1) is 13.0. The molecule has 0 aromatic heterocycles. The van der Waals surface area contributed by atoms with Crippen LogP contribution in [0.3, 0.4) is 0 Å². The van der Waals surface area contributed by atoms with E-state index in [2.05, 4.69) is 5.32 Å². The number of hydrogen-bond acceptors (Lipinski definition) is 5. The Labute approximate surface area is 161 Å². The first-order valence-electron chi connectivity index (χ1n) is 8.59. The van der Waals surface area contributed by atoms with Crippen LogP contribution in [0.25, 0.3) is 0 Å². The van der Waals surface area contributed by atoms with Crippen molar-refractivity contribution >= 4 is 23.6 Å². The van der Waals surface area contributed by atoms with Gasteiger partial charge in [-0.2, -0.15) is 0 Å². The topological polar surface area (TPSA) is 84.9 Å². The Bertz CT molecular complexity index is 822. The van der Waals surface area contributed by atoms with Crippen LogP contribution in [0.1, 0.15) is 23.6 Å². The van der Waals surface area contributed by atoms with Gasteiger partial charge in [-0.25, -0.2) is 0 Å². The first kappa shape index (κ1) is 19.1. The van der Waals surface area contributed by atoms with E-state index in [4.69, 9.17) is 9.47 Å². The number of nitrogens with one attached hydrogen (secondary N) is 1. The van der Waals surface area contributed by atoms with Gasteiger partial charge in [0.15, 0.2) is 11.5 Å². The molecule has 0 aliphatic carbocycles. The molecule has 1 aliphatic heterocycles. The third-order valence-corrected chi connectivity index (χ3v) is 4.95. The van der Waals surface area contributed by atoms with E-state index >= 15 is 0 Å². The fraction of sp³-hybridized carbons (Fsp3) is 0.300. The smallest absolute Gasteiger partial charge is 0.305 e. The van der Waals surface area contributed by atoms with Crippen molar-refractivity contribution in [1.82, 2.24) is 5.32 Å². The zero-order valence-corrected chi connectivity index (χ0v) is 15.8. The third kappa shape index (κ3) is 5.17. The maximum absolute atomic E-state index is 12.5. The predicted molar refractivity (Wildman–Crippen MR) is 102 cm³/mol. The zero-order chi connectivity index (χ0) is 19.2. The second-order valence-electron chi connectivity index (χ2n) is 6.15. The maximum Gasteiger partial charge on any atom is 0.305 e. The average molecular weight is 387 g/mol. The van der Waals surface area contributed by atoms with Crippen molar-refractivity contribution in [1.29, 1.82) is 0 Å². The van der Waals surface area contributed by atoms with Crippen LogP contribution in [-0.2, 0) is 16.0 Å². The number of rotatable bonds is 7. The standard InChI is InChI=1S/C20H21NO5S/c1-27-15-5-3-14(4-6-15)16(12-20(23)24)21-19(22)11-13-2-7-17-18(10-13)26-9-8-25-17/h2-7,10,16H,8-9,11-12H2,1H3,(H,21,22)(H,23,24). The highest BCUT2D eigenvalue weighted by Crippen LogP contribution is 2.31. The summed E-state index contributed by atoms with van der Waals surface area (Å²) in [4.78, 5) is 24.8. The summed E-state index contributed by atoms with van der Waals surface area (Å²) < 4.78 is 11.0. The molecular formula is C20H21NO5S. The van der Waals surface area contributed by atoms with Crippen LogP contribution >= 0.6 is 11.8 Å². The number of fused-ring (bicyclic) bond motifs is 1. The van der Waals surface area contributed by atoms with E-state index in [1.165, 1.54) is 0 Å². The molecule has 0 radical (unpaired) electrons. The molecule has 2 N–H and O–H groups in total. The van der Waals surface area contributed by atoms with Gasteiger partial charge in [-0.15, -0.1) is 11.8 Å². The van der Waals surface area contributed by atoms with Crippen LogP contribution < -0.4 is 14.8 Å². The average Bonchev–Trinajstić information content (AvgIpc) is 2.67. The molecule has 6 nitrogen and oxygen atoms in total. The second kappa shape index (κ2) is 8.81. The highest BCUT2D eigenvalue weighted by Gasteiger charge is 2.19. The predicted octanol–water partition coefficient (Wildman–Crippen LogP) is 3.05. The number of carbonyl (C=O) groups is 2. The van der Waals surface area contributed by atoms with Gasteiger partial charge in [0, 0.05) is 4.90 Å². The van der Waals surface area contributed by atoms with Gasteiger partial charge in [0.2, 0.25) is 5.91 Å². The lowest BCUT2D eigenvalue weighted by Gasteiger charge is -2.20. The summed E-state index contributed by atoms with van der Waals surface area (Å²) in [6.45, 7) is 0.994. The lowest BCUT2D eigenvalue weighted by molar-refractivity contribution is -0.137. The van der Waals surface area contributed by atoms with Crippen LogP contribution in [0.5, 0.6) is 11.5 Å². The van der Waals surface area contributed by atoms with Crippen LogP contribution in [0, 0.1) is 0 Å². The number of benzene rings is 2. The number of carboxylic acids is 1. The molecule has 27 heavy (non-hydrogen) atoms. The Kier molecular flexibility index (Phi) is 6.24. The molecule has 142 valence electrons. The zero-order valence-electron chi connectivity index (χ0n) is 14.9. The fourth-order valence-electron chi connectivity index (χ4n) is 2.89. The first-order valence-corrected chi connectivity index (χ1v) is 9.81. The lowest BCUT2D eigenvalue weighted by atomic mass is 10.0. The number of hydrogen-bond donors (Lipinski definition) is 2. The van der Waals surface area contributed by atoms with E-state index in [0.717, 1.165) is 16.0 Å². The summed E-state index contributed by atoms with van der Waals surface area (Å²) in [6, 6.07) is 12.3. The second-order valence-corrected chi connectivity index (χ2v) is 7.03. The van der Waals surface area contributed by atoms with Gasteiger partial charge in [-0.05, 0) is 41.6 Å². The Morgan fingerprint density at radius 1 is 1.11 bits per heavy atom. The summed E-state index contributed by atoms with van der Waals surface area (Å²) in [6.07, 6.45) is 1.93. The SMILES string of the molecule is CSc1ccc(C(CC(=O)O)NC(=O)Cc2ccc3c(c2)OCCO3)cc1. The molecule has 3 rings (SSSR count). The van der Waals surface area contributed by atoms with Gasteiger partial charge < -0.3 is 19.9 Å². The molecule has 0 saturated heterocycles. The van der Waals surface area contributed by atoms with Crippen molar-refractivity contribution in [2.45, 2.75) is 23.8 Å². The van der Waals surface area contributed by atoms with Gasteiger partial charge >= 0.3 is 5.97 Å². The van der Waals surface area contributed by atoms with Gasteiger partial charge in [-0.1, -0.05) is 18.2 Å². The highest BCUT2D eigenvalue weighted by atomic mass is 32.2. The van der Waals surface area contributed by atoms with Crippen molar-refractivity contribution in [3.63, 3.8) is 0 Å². The molecule has 0 fully saturated rings. The van der Waals surface area contributed by atoms with Crippen molar-refractivity contribution in [2.24, 2.45) is 0 Å². The van der Waals surface area contributed by atoms with E-state index in [1.54, 1.807) is 23.9 Å². The molecule has 1 unspecified atom stereocenters. The van der Waals surface area contributed by atoms with Gasteiger partial charge in [0.05, 0.1) is 18.9 Å². The summed E-state index contributed by atoms with van der Waals surface area (Å²) in [7, 11) is 0. The van der Waals surface area contributed by atoms with Crippen LogP contribution in [0.15, 0.2) is 47.4 Å². The normalized spacial score (nSPS) is 13.7. The molecule has 0 saturated carbocycles. The molecule has 1 heterocycles. The van der Waals surface area contributed by atoms with E-state index < -0.39 is 12.0 Å². The maximum atomic E-state index is 12.5.